The number of benzene rings is 1. The average molecular weight is 680 g/mol. The predicted molar refractivity (Wildman–Crippen MR) is 165 cm³/mol. The van der Waals surface area contributed by atoms with Crippen molar-refractivity contribution in [2.75, 3.05) is 34.1 Å². The van der Waals surface area contributed by atoms with Crippen molar-refractivity contribution < 1.29 is 68.4 Å². The van der Waals surface area contributed by atoms with Crippen LogP contribution in [0.2, 0.25) is 0 Å². The van der Waals surface area contributed by atoms with Crippen molar-refractivity contribution in [1.29, 1.82) is 0 Å². The summed E-state index contributed by atoms with van der Waals surface area (Å²) in [6, 6.07) is 4.00. The highest BCUT2D eigenvalue weighted by Gasteiger charge is 2.59. The number of aliphatic hydroxyl groups is 3. The van der Waals surface area contributed by atoms with Gasteiger partial charge in [0.1, 0.15) is 5.76 Å². The van der Waals surface area contributed by atoms with Crippen molar-refractivity contribution >= 4 is 23.9 Å². The Bertz CT molecular complexity index is 1420. The number of nitrogens with zero attached hydrogens (tertiary/aromatic N) is 1. The zero-order valence-electron chi connectivity index (χ0n) is 27.6. The number of carbonyl (C=O) groups excluding carboxylic acids is 2. The van der Waals surface area contributed by atoms with E-state index in [0.717, 1.165) is 43.5 Å². The standard InChI is InChI=1S/C29H39NO9.C4H6O5/c1-27(2,33)8-5-10-29(34,16-23(31)36-4)26(32)39-25-22(35-3)15-28-9-6-11-30(28)12-7-18-13-20-21(38-17-37-20)14-19(18)24(25)28;5-2(4(8)9)1-3(6)7/h13-15,24-25,33-34H,5-12,16-17H2,1-4H3;2,5H,1H2,(H,6,7)(H,8,9)/t24-,25-,28+,29-;2-/m10/s1. The molecular formula is C33H45NO14. The molecule has 15 nitrogen and oxygen atoms in total. The fourth-order valence-corrected chi connectivity index (χ4v) is 6.96. The third-order valence-corrected chi connectivity index (χ3v) is 9.27. The second-order valence-corrected chi connectivity index (χ2v) is 13.2. The van der Waals surface area contributed by atoms with Gasteiger partial charge >= 0.3 is 23.9 Å². The van der Waals surface area contributed by atoms with Crippen LogP contribution in [0, 0.1) is 0 Å². The number of ether oxygens (including phenoxy) is 5. The van der Waals surface area contributed by atoms with Gasteiger partial charge in [-0.05, 0) is 88.3 Å². The number of aliphatic carboxylic acids is 2. The molecule has 5 rings (SSSR count). The van der Waals surface area contributed by atoms with Gasteiger partial charge in [0.2, 0.25) is 6.79 Å². The van der Waals surface area contributed by atoms with E-state index in [1.165, 1.54) is 7.11 Å². The first kappa shape index (κ1) is 36.9. The zero-order chi connectivity index (χ0) is 35.4. The summed E-state index contributed by atoms with van der Waals surface area (Å²) in [5, 5.41) is 45.8. The van der Waals surface area contributed by atoms with E-state index in [9.17, 15) is 29.4 Å². The Balaban J connectivity index is 0.000000508. The van der Waals surface area contributed by atoms with Crippen molar-refractivity contribution in [2.45, 2.75) is 100 Å². The molecule has 1 aromatic carbocycles. The molecule has 5 atom stereocenters. The summed E-state index contributed by atoms with van der Waals surface area (Å²) in [5.41, 5.74) is -1.42. The zero-order valence-corrected chi connectivity index (χ0v) is 27.6. The lowest BCUT2D eigenvalue weighted by Gasteiger charge is -2.39. The number of carboxylic acids is 2. The number of carboxylic acid groups (broad SMARTS) is 2. The van der Waals surface area contributed by atoms with E-state index < -0.39 is 65.7 Å². The summed E-state index contributed by atoms with van der Waals surface area (Å²) < 4.78 is 28.1. The molecule has 1 aliphatic carbocycles. The molecule has 0 radical (unpaired) electrons. The lowest BCUT2D eigenvalue weighted by atomic mass is 9.77. The van der Waals surface area contributed by atoms with Gasteiger partial charge < -0.3 is 49.2 Å². The van der Waals surface area contributed by atoms with Gasteiger partial charge in [-0.1, -0.05) is 0 Å². The minimum absolute atomic E-state index is 0.0686. The number of esters is 2. The van der Waals surface area contributed by atoms with E-state index in [1.54, 1.807) is 21.0 Å². The molecule has 0 saturated carbocycles. The minimum Gasteiger partial charge on any atom is -0.497 e. The quantitative estimate of drug-likeness (QED) is 0.198. The molecule has 5 N–H and O–H groups in total. The molecule has 3 aliphatic heterocycles. The molecule has 1 spiro atoms. The molecule has 3 heterocycles. The summed E-state index contributed by atoms with van der Waals surface area (Å²) in [4.78, 5) is 47.8. The SMILES string of the molecule is COC(=O)C[C@](O)(CCCC(C)(C)O)C(=O)O[C@@H]1C(OC)=C[C@]23CCCN2CCc2cc4c(cc2[C@H]13)OCO4.O=C(O)C[C@H](O)C(=O)O. The molecule has 4 aliphatic rings. The Kier molecular flexibility index (Phi) is 11.3. The fraction of sp³-hybridized carbons (Fsp3) is 0.636. The summed E-state index contributed by atoms with van der Waals surface area (Å²) in [7, 11) is 2.76. The highest BCUT2D eigenvalue weighted by Crippen LogP contribution is 2.55. The summed E-state index contributed by atoms with van der Waals surface area (Å²) >= 11 is 0. The van der Waals surface area contributed by atoms with Crippen molar-refractivity contribution in [3.8, 4) is 11.5 Å². The number of rotatable bonds is 12. The first-order valence-electron chi connectivity index (χ1n) is 15.8. The smallest absolute Gasteiger partial charge is 0.339 e. The van der Waals surface area contributed by atoms with E-state index in [2.05, 4.69) is 11.0 Å². The Morgan fingerprint density at radius 3 is 2.33 bits per heavy atom. The fourth-order valence-electron chi connectivity index (χ4n) is 6.96. The highest BCUT2D eigenvalue weighted by atomic mass is 16.7. The summed E-state index contributed by atoms with van der Waals surface area (Å²) in [5.74, 6) is -2.91. The Hall–Kier alpha value is -3.92. The number of hydrogen-bond donors (Lipinski definition) is 5. The number of carbonyl (C=O) groups is 4. The van der Waals surface area contributed by atoms with Gasteiger partial charge in [0.15, 0.2) is 29.3 Å². The van der Waals surface area contributed by atoms with E-state index in [4.69, 9.17) is 39.0 Å². The van der Waals surface area contributed by atoms with Gasteiger partial charge in [-0.25, -0.2) is 9.59 Å². The van der Waals surface area contributed by atoms with Gasteiger partial charge in [-0.15, -0.1) is 0 Å². The maximum Gasteiger partial charge on any atom is 0.339 e. The number of fused-ring (bicyclic) bond motifs is 3. The monoisotopic (exact) mass is 679 g/mol. The third kappa shape index (κ3) is 8.02. The predicted octanol–water partition coefficient (Wildman–Crippen LogP) is 1.49. The van der Waals surface area contributed by atoms with Crippen LogP contribution in [0.3, 0.4) is 0 Å². The molecule has 266 valence electrons. The molecule has 1 aromatic rings. The maximum absolute atomic E-state index is 13.8. The Morgan fingerprint density at radius 1 is 1.06 bits per heavy atom. The van der Waals surface area contributed by atoms with Crippen molar-refractivity contribution in [3.63, 3.8) is 0 Å². The average Bonchev–Trinajstić information content (AvgIpc) is 3.69. The highest BCUT2D eigenvalue weighted by molar-refractivity contribution is 5.86. The van der Waals surface area contributed by atoms with Crippen LogP contribution in [0.5, 0.6) is 11.5 Å². The van der Waals surface area contributed by atoms with Crippen LogP contribution in [0.1, 0.15) is 75.8 Å². The molecule has 48 heavy (non-hydrogen) atoms. The van der Waals surface area contributed by atoms with E-state index in [1.807, 2.05) is 12.1 Å². The van der Waals surface area contributed by atoms with Gasteiger partial charge in [0.05, 0.1) is 44.1 Å². The molecule has 1 fully saturated rings. The van der Waals surface area contributed by atoms with Gasteiger partial charge in [0, 0.05) is 6.54 Å². The molecule has 15 heteroatoms. The number of hydrogen-bond acceptors (Lipinski definition) is 13. The van der Waals surface area contributed by atoms with E-state index in [-0.39, 0.29) is 19.1 Å². The third-order valence-electron chi connectivity index (χ3n) is 9.27. The van der Waals surface area contributed by atoms with Crippen molar-refractivity contribution in [3.05, 3.63) is 35.1 Å². The molecule has 1 saturated heterocycles. The Labute approximate surface area is 278 Å². The lowest BCUT2D eigenvalue weighted by molar-refractivity contribution is -0.178. The summed E-state index contributed by atoms with van der Waals surface area (Å²) in [6.45, 7) is 5.21. The van der Waals surface area contributed by atoms with E-state index in [0.29, 0.717) is 30.1 Å². The molecule has 0 aromatic heterocycles. The molecular weight excluding hydrogens is 634 g/mol. The topological polar surface area (TPSA) is 219 Å². The van der Waals surface area contributed by atoms with Gasteiger partial charge in [-0.3, -0.25) is 14.5 Å². The lowest BCUT2D eigenvalue weighted by Crippen LogP contribution is -2.49. The maximum atomic E-state index is 13.8. The molecule has 0 amide bonds. The second kappa shape index (κ2) is 14.7. The second-order valence-electron chi connectivity index (χ2n) is 13.2. The molecule has 0 unspecified atom stereocenters. The van der Waals surface area contributed by atoms with E-state index >= 15 is 0 Å². The van der Waals surface area contributed by atoms with Crippen LogP contribution in [0.15, 0.2) is 24.0 Å². The summed E-state index contributed by atoms with van der Waals surface area (Å²) in [6.07, 6.45) is 1.40. The normalized spacial score (nSPS) is 24.3. The van der Waals surface area contributed by atoms with Crippen LogP contribution >= 0.6 is 0 Å². The minimum atomic E-state index is -2.12. The van der Waals surface area contributed by atoms with Gasteiger partial charge in [0.25, 0.3) is 0 Å². The molecule has 0 bridgehead atoms. The number of aliphatic hydroxyl groups excluding tert-OH is 1. The van der Waals surface area contributed by atoms with Crippen LogP contribution in [-0.2, 0) is 39.8 Å². The van der Waals surface area contributed by atoms with Crippen LogP contribution < -0.4 is 9.47 Å². The number of methoxy groups -OCH3 is 2. The largest absolute Gasteiger partial charge is 0.497 e. The van der Waals surface area contributed by atoms with Crippen molar-refractivity contribution in [1.82, 2.24) is 4.90 Å². The van der Waals surface area contributed by atoms with Crippen LogP contribution in [-0.4, -0.2) is 117 Å². The first-order valence-corrected chi connectivity index (χ1v) is 15.8. The van der Waals surface area contributed by atoms with Crippen molar-refractivity contribution in [2.24, 2.45) is 0 Å². The van der Waals surface area contributed by atoms with Gasteiger partial charge in [-0.2, -0.15) is 0 Å². The van der Waals surface area contributed by atoms with Crippen LogP contribution in [0.25, 0.3) is 0 Å². The first-order chi connectivity index (χ1) is 22.5. The Morgan fingerprint density at radius 2 is 1.75 bits per heavy atom. The van der Waals surface area contributed by atoms with Crippen LogP contribution in [0.4, 0.5) is 0 Å².